The number of aromatic carboxylic acids is 1. The van der Waals surface area contributed by atoms with Crippen LogP contribution in [0.1, 0.15) is 34.0 Å². The Balaban J connectivity index is 1.55. The number of ether oxygens (including phenoxy) is 2. The number of hydrogen-bond acceptors (Lipinski definition) is 6. The molecular formula is C27H22Cl2N2O5S. The molecule has 0 radical (unpaired) electrons. The molecule has 0 spiro atoms. The van der Waals surface area contributed by atoms with Crippen molar-refractivity contribution >= 4 is 63.8 Å². The summed E-state index contributed by atoms with van der Waals surface area (Å²) in [6.45, 7) is 4.26. The van der Waals surface area contributed by atoms with Crippen LogP contribution in [0.4, 0.5) is 5.69 Å². The molecule has 1 amide bonds. The first-order valence-corrected chi connectivity index (χ1v) is 12.8. The molecule has 1 heterocycles. The lowest BCUT2D eigenvalue weighted by Gasteiger charge is -2.15. The number of benzene rings is 3. The number of thioether (sulfide) groups is 1. The molecule has 0 atom stereocenters. The highest BCUT2D eigenvalue weighted by atomic mass is 35.5. The zero-order chi connectivity index (χ0) is 26.5. The van der Waals surface area contributed by atoms with Crippen LogP contribution < -0.4 is 14.8 Å². The number of amidine groups is 1. The molecule has 37 heavy (non-hydrogen) atoms. The molecule has 0 unspecified atom stereocenters. The first kappa shape index (κ1) is 26.6. The first-order valence-electron chi connectivity index (χ1n) is 11.2. The number of carboxylic acid groups (broad SMARTS) is 1. The van der Waals surface area contributed by atoms with Gasteiger partial charge in [-0.3, -0.25) is 4.79 Å². The van der Waals surface area contributed by atoms with Crippen LogP contribution in [0.25, 0.3) is 6.08 Å². The molecule has 0 bridgehead atoms. The zero-order valence-corrected chi connectivity index (χ0v) is 22.2. The fourth-order valence-corrected chi connectivity index (χ4v) is 4.71. The maximum absolute atomic E-state index is 12.6. The summed E-state index contributed by atoms with van der Waals surface area (Å²) in [5, 5.41) is 13.2. The number of amides is 1. The van der Waals surface area contributed by atoms with E-state index in [4.69, 9.17) is 37.8 Å². The molecule has 4 rings (SSSR count). The maximum atomic E-state index is 12.6. The lowest BCUT2D eigenvalue weighted by molar-refractivity contribution is -0.115. The lowest BCUT2D eigenvalue weighted by atomic mass is 10.1. The van der Waals surface area contributed by atoms with Gasteiger partial charge in [-0.1, -0.05) is 41.4 Å². The van der Waals surface area contributed by atoms with E-state index in [1.165, 1.54) is 23.9 Å². The smallest absolute Gasteiger partial charge is 0.335 e. The number of rotatable bonds is 8. The van der Waals surface area contributed by atoms with Crippen molar-refractivity contribution in [3.63, 3.8) is 0 Å². The molecule has 3 aromatic carbocycles. The summed E-state index contributed by atoms with van der Waals surface area (Å²) in [6.07, 6.45) is 1.70. The van der Waals surface area contributed by atoms with Crippen LogP contribution in [0, 0.1) is 6.92 Å². The number of carbonyl (C=O) groups excluding carboxylic acids is 1. The Kier molecular flexibility index (Phi) is 8.43. The Morgan fingerprint density at radius 2 is 1.86 bits per heavy atom. The Hall–Kier alpha value is -3.46. The predicted octanol–water partition coefficient (Wildman–Crippen LogP) is 6.87. The number of carbonyl (C=O) groups is 2. The van der Waals surface area contributed by atoms with E-state index in [0.717, 1.165) is 11.1 Å². The van der Waals surface area contributed by atoms with Gasteiger partial charge in [0.05, 0.1) is 27.8 Å². The van der Waals surface area contributed by atoms with Gasteiger partial charge in [-0.05, 0) is 84.8 Å². The van der Waals surface area contributed by atoms with E-state index in [-0.39, 0.29) is 18.1 Å². The normalized spacial score (nSPS) is 15.2. The van der Waals surface area contributed by atoms with Crippen molar-refractivity contribution in [2.75, 3.05) is 6.61 Å². The van der Waals surface area contributed by atoms with Gasteiger partial charge in [-0.2, -0.15) is 0 Å². The number of nitrogens with zero attached hydrogens (tertiary/aromatic N) is 1. The third-order valence-electron chi connectivity index (χ3n) is 5.33. The highest BCUT2D eigenvalue weighted by Gasteiger charge is 2.24. The lowest BCUT2D eigenvalue weighted by Crippen LogP contribution is -2.19. The van der Waals surface area contributed by atoms with Crippen LogP contribution >= 0.6 is 35.0 Å². The maximum Gasteiger partial charge on any atom is 0.335 e. The molecule has 3 aromatic rings. The van der Waals surface area contributed by atoms with Crippen molar-refractivity contribution in [2.24, 2.45) is 4.99 Å². The van der Waals surface area contributed by atoms with Crippen LogP contribution in [0.5, 0.6) is 11.5 Å². The Morgan fingerprint density at radius 3 is 2.57 bits per heavy atom. The zero-order valence-electron chi connectivity index (χ0n) is 19.9. The SMILES string of the molecule is CCOc1cc(/C=C2/SC(=Nc3cccc(Cl)c3C)NC2=O)cc(Cl)c1OCc1ccc(C(=O)O)cc1. The third-order valence-corrected chi connectivity index (χ3v) is 6.93. The molecule has 190 valence electrons. The van der Waals surface area contributed by atoms with E-state index in [0.29, 0.717) is 49.5 Å². The molecule has 7 nitrogen and oxygen atoms in total. The van der Waals surface area contributed by atoms with Gasteiger partial charge in [-0.15, -0.1) is 0 Å². The van der Waals surface area contributed by atoms with Crippen LogP contribution in [0.2, 0.25) is 10.0 Å². The van der Waals surface area contributed by atoms with Crippen molar-refractivity contribution in [3.8, 4) is 11.5 Å². The van der Waals surface area contributed by atoms with Gasteiger partial charge in [0.25, 0.3) is 5.91 Å². The summed E-state index contributed by atoms with van der Waals surface area (Å²) in [5.41, 5.74) is 3.13. The molecule has 0 saturated carbocycles. The van der Waals surface area contributed by atoms with Gasteiger partial charge in [-0.25, -0.2) is 9.79 Å². The summed E-state index contributed by atoms with van der Waals surface area (Å²) >= 11 is 13.9. The van der Waals surface area contributed by atoms with Gasteiger partial charge < -0.3 is 19.9 Å². The van der Waals surface area contributed by atoms with Crippen molar-refractivity contribution in [3.05, 3.63) is 91.8 Å². The molecule has 0 aliphatic carbocycles. The van der Waals surface area contributed by atoms with Crippen LogP contribution in [0.15, 0.2) is 64.5 Å². The van der Waals surface area contributed by atoms with Gasteiger partial charge >= 0.3 is 5.97 Å². The highest BCUT2D eigenvalue weighted by molar-refractivity contribution is 8.18. The molecule has 1 aliphatic rings. The highest BCUT2D eigenvalue weighted by Crippen LogP contribution is 2.39. The monoisotopic (exact) mass is 556 g/mol. The van der Waals surface area contributed by atoms with E-state index in [1.54, 1.807) is 42.5 Å². The third kappa shape index (κ3) is 6.46. The van der Waals surface area contributed by atoms with Crippen molar-refractivity contribution in [1.29, 1.82) is 0 Å². The van der Waals surface area contributed by atoms with E-state index >= 15 is 0 Å². The first-order chi connectivity index (χ1) is 17.7. The minimum Gasteiger partial charge on any atom is -0.490 e. The number of carboxylic acids is 1. The summed E-state index contributed by atoms with van der Waals surface area (Å²) < 4.78 is 11.7. The van der Waals surface area contributed by atoms with Crippen molar-refractivity contribution in [1.82, 2.24) is 5.32 Å². The van der Waals surface area contributed by atoms with Crippen molar-refractivity contribution in [2.45, 2.75) is 20.5 Å². The summed E-state index contributed by atoms with van der Waals surface area (Å²) in [4.78, 5) is 28.6. The van der Waals surface area contributed by atoms with Gasteiger partial charge in [0.1, 0.15) is 6.61 Å². The van der Waals surface area contributed by atoms with Crippen LogP contribution in [-0.2, 0) is 11.4 Å². The quantitative estimate of drug-likeness (QED) is 0.294. The van der Waals surface area contributed by atoms with Crippen LogP contribution in [-0.4, -0.2) is 28.8 Å². The summed E-state index contributed by atoms with van der Waals surface area (Å²) in [6, 6.07) is 15.2. The largest absolute Gasteiger partial charge is 0.490 e. The fourth-order valence-electron chi connectivity index (χ4n) is 3.43. The number of aliphatic imine (C=N–C) groups is 1. The fraction of sp³-hybridized carbons (Fsp3) is 0.148. The Labute approximate surface area is 228 Å². The van der Waals surface area contributed by atoms with Gasteiger partial charge in [0.2, 0.25) is 0 Å². The molecule has 0 aromatic heterocycles. The van der Waals surface area contributed by atoms with E-state index in [2.05, 4.69) is 10.3 Å². The van der Waals surface area contributed by atoms with E-state index < -0.39 is 5.97 Å². The average Bonchev–Trinajstić information content (AvgIpc) is 3.20. The standard InChI is InChI=1S/C27H22Cl2N2O5S/c1-3-35-22-12-17(11-20(29)24(22)36-14-16-7-9-18(10-8-16)26(33)34)13-23-25(32)31-27(37-23)30-21-6-4-5-19(28)15(21)2/h4-13H,3,14H2,1-2H3,(H,33,34)(H,30,31,32)/b23-13+. The Bertz CT molecular complexity index is 1420. The number of hydrogen-bond donors (Lipinski definition) is 2. The molecule has 1 aliphatic heterocycles. The second-order valence-corrected chi connectivity index (χ2v) is 9.76. The second-order valence-electron chi connectivity index (χ2n) is 7.92. The average molecular weight is 557 g/mol. The van der Waals surface area contributed by atoms with Crippen LogP contribution in [0.3, 0.4) is 0 Å². The minimum absolute atomic E-state index is 0.168. The summed E-state index contributed by atoms with van der Waals surface area (Å²) in [7, 11) is 0. The predicted molar refractivity (Wildman–Crippen MR) is 147 cm³/mol. The topological polar surface area (TPSA) is 97.2 Å². The van der Waals surface area contributed by atoms with Gasteiger partial charge in [0, 0.05) is 5.02 Å². The number of nitrogens with one attached hydrogen (secondary N) is 1. The molecule has 10 heteroatoms. The minimum atomic E-state index is -0.995. The second kappa shape index (κ2) is 11.7. The molecule has 1 saturated heterocycles. The Morgan fingerprint density at radius 1 is 1.11 bits per heavy atom. The van der Waals surface area contributed by atoms with Gasteiger partial charge in [0.15, 0.2) is 16.7 Å². The molecular weight excluding hydrogens is 535 g/mol. The summed E-state index contributed by atoms with van der Waals surface area (Å²) in [5.74, 6) is -0.486. The molecule has 1 fully saturated rings. The van der Waals surface area contributed by atoms with E-state index in [9.17, 15) is 9.59 Å². The van der Waals surface area contributed by atoms with E-state index in [1.807, 2.05) is 19.9 Å². The molecule has 2 N–H and O–H groups in total. The van der Waals surface area contributed by atoms with Crippen molar-refractivity contribution < 1.29 is 24.2 Å². The number of halogens is 2.